The van der Waals surface area contributed by atoms with Gasteiger partial charge in [0.2, 0.25) is 0 Å². The van der Waals surface area contributed by atoms with Gasteiger partial charge in [0.15, 0.2) is 0 Å². The van der Waals surface area contributed by atoms with E-state index in [1.165, 1.54) is 12.1 Å². The van der Waals surface area contributed by atoms with E-state index in [9.17, 15) is 29.6 Å². The third-order valence-corrected chi connectivity index (χ3v) is 7.46. The van der Waals surface area contributed by atoms with Crippen molar-refractivity contribution in [2.45, 2.75) is 69.3 Å². The lowest BCUT2D eigenvalue weighted by atomic mass is 9.63. The number of aromatic hydroxyl groups is 1. The Kier molecular flexibility index (Phi) is 5.98. The standard InChI is InChI=1S/C27H32FNO5/c1-25(2,16-30)24-23(26(3)11-13-27(34,14-12-26)15-21(32)33)22-19(5-4-6-20(22)31)29(24)18-9-7-17(28)8-10-18/h4-10,30-31,34H,11-16H2,1-3H3,(H,32,33)/t26-,27-. The number of aliphatic hydroxyl groups is 2. The normalized spacial score (nSPS) is 23.4. The minimum atomic E-state index is -1.27. The number of hydrogen-bond acceptors (Lipinski definition) is 4. The Morgan fingerprint density at radius 2 is 1.71 bits per heavy atom. The van der Waals surface area contributed by atoms with E-state index in [1.807, 2.05) is 24.5 Å². The molecule has 1 aliphatic carbocycles. The van der Waals surface area contributed by atoms with Crippen LogP contribution in [-0.2, 0) is 15.6 Å². The van der Waals surface area contributed by atoms with Gasteiger partial charge in [-0.2, -0.15) is 0 Å². The summed E-state index contributed by atoms with van der Waals surface area (Å²) in [5, 5.41) is 42.2. The summed E-state index contributed by atoms with van der Waals surface area (Å²) in [5.74, 6) is -1.28. The van der Waals surface area contributed by atoms with Gasteiger partial charge in [-0.3, -0.25) is 4.79 Å². The topological polar surface area (TPSA) is 103 Å². The average Bonchev–Trinajstić information content (AvgIpc) is 3.14. The zero-order chi connectivity index (χ0) is 24.9. The lowest BCUT2D eigenvalue weighted by molar-refractivity contribution is -0.144. The zero-order valence-corrected chi connectivity index (χ0v) is 19.8. The van der Waals surface area contributed by atoms with Crippen LogP contribution >= 0.6 is 0 Å². The molecule has 1 aromatic heterocycles. The number of fused-ring (bicyclic) bond motifs is 1. The highest BCUT2D eigenvalue weighted by Crippen LogP contribution is 2.52. The predicted octanol–water partition coefficient (Wildman–Crippen LogP) is 4.78. The fourth-order valence-corrected chi connectivity index (χ4v) is 5.46. The molecule has 0 radical (unpaired) electrons. The van der Waals surface area contributed by atoms with E-state index in [0.29, 0.717) is 36.8 Å². The molecule has 0 aliphatic heterocycles. The summed E-state index contributed by atoms with van der Waals surface area (Å²) < 4.78 is 15.7. The molecule has 2 aromatic carbocycles. The number of carbonyl (C=O) groups is 1. The number of carboxylic acid groups (broad SMARTS) is 1. The number of rotatable bonds is 6. The molecular weight excluding hydrogens is 437 g/mol. The number of aliphatic carboxylic acids is 1. The maximum Gasteiger partial charge on any atom is 0.306 e. The molecule has 7 heteroatoms. The number of phenols is 1. The lowest BCUT2D eigenvalue weighted by Gasteiger charge is -2.43. The predicted molar refractivity (Wildman–Crippen MR) is 128 cm³/mol. The molecule has 0 unspecified atom stereocenters. The first-order valence-corrected chi connectivity index (χ1v) is 11.6. The molecule has 0 bridgehead atoms. The quantitative estimate of drug-likeness (QED) is 0.416. The van der Waals surface area contributed by atoms with Crippen LogP contribution in [0.5, 0.6) is 5.75 Å². The summed E-state index contributed by atoms with van der Waals surface area (Å²) in [6.45, 7) is 5.77. The first kappa shape index (κ1) is 24.2. The third-order valence-electron chi connectivity index (χ3n) is 7.46. The molecule has 0 atom stereocenters. The van der Waals surface area contributed by atoms with Crippen LogP contribution in [0.4, 0.5) is 4.39 Å². The van der Waals surface area contributed by atoms with Crippen LogP contribution in [0, 0.1) is 5.82 Å². The van der Waals surface area contributed by atoms with Gasteiger partial charge < -0.3 is 25.0 Å². The largest absolute Gasteiger partial charge is 0.507 e. The summed E-state index contributed by atoms with van der Waals surface area (Å²) in [5.41, 5.74) is 0.662. The van der Waals surface area contributed by atoms with Crippen LogP contribution in [0.2, 0.25) is 0 Å². The summed E-state index contributed by atoms with van der Waals surface area (Å²) >= 11 is 0. The monoisotopic (exact) mass is 469 g/mol. The van der Waals surface area contributed by atoms with Gasteiger partial charge in [-0.25, -0.2) is 4.39 Å². The minimum absolute atomic E-state index is 0.107. The van der Waals surface area contributed by atoms with Crippen molar-refractivity contribution in [3.63, 3.8) is 0 Å². The van der Waals surface area contributed by atoms with Gasteiger partial charge in [-0.05, 0) is 73.1 Å². The second kappa shape index (κ2) is 8.40. The molecule has 4 rings (SSSR count). The average molecular weight is 470 g/mol. The van der Waals surface area contributed by atoms with E-state index in [-0.39, 0.29) is 24.6 Å². The molecule has 3 aromatic rings. The Hall–Kier alpha value is -2.90. The Morgan fingerprint density at radius 1 is 1.09 bits per heavy atom. The van der Waals surface area contributed by atoms with Crippen LogP contribution in [0.3, 0.4) is 0 Å². The number of phenolic OH excluding ortho intramolecular Hbond substituents is 1. The molecule has 1 saturated carbocycles. The smallest absolute Gasteiger partial charge is 0.306 e. The van der Waals surface area contributed by atoms with Crippen molar-refractivity contribution in [2.75, 3.05) is 6.61 Å². The third kappa shape index (κ3) is 4.07. The lowest BCUT2D eigenvalue weighted by Crippen LogP contribution is -2.42. The van der Waals surface area contributed by atoms with E-state index in [0.717, 1.165) is 16.8 Å². The van der Waals surface area contributed by atoms with Crippen molar-refractivity contribution in [2.24, 2.45) is 0 Å². The number of carboxylic acids is 1. The molecule has 1 fully saturated rings. The highest BCUT2D eigenvalue weighted by molar-refractivity contribution is 5.94. The number of nitrogens with zero attached hydrogens (tertiary/aromatic N) is 1. The van der Waals surface area contributed by atoms with Crippen LogP contribution in [-0.4, -0.2) is 43.2 Å². The van der Waals surface area contributed by atoms with Crippen molar-refractivity contribution >= 4 is 16.9 Å². The Balaban J connectivity index is 2.00. The molecule has 182 valence electrons. The maximum absolute atomic E-state index is 13.7. The van der Waals surface area contributed by atoms with Crippen molar-refractivity contribution in [1.29, 1.82) is 0 Å². The summed E-state index contributed by atoms with van der Waals surface area (Å²) in [6, 6.07) is 11.4. The van der Waals surface area contributed by atoms with Crippen LogP contribution < -0.4 is 0 Å². The second-order valence-corrected chi connectivity index (χ2v) is 10.6. The zero-order valence-electron chi connectivity index (χ0n) is 19.8. The molecule has 34 heavy (non-hydrogen) atoms. The van der Waals surface area contributed by atoms with Crippen LogP contribution in [0.15, 0.2) is 42.5 Å². The van der Waals surface area contributed by atoms with E-state index < -0.39 is 22.4 Å². The Morgan fingerprint density at radius 3 is 2.26 bits per heavy atom. The first-order chi connectivity index (χ1) is 15.9. The molecular formula is C27H32FNO5. The number of aromatic nitrogens is 1. The molecule has 1 heterocycles. The van der Waals surface area contributed by atoms with Gasteiger partial charge in [0.1, 0.15) is 11.6 Å². The van der Waals surface area contributed by atoms with E-state index in [1.54, 1.807) is 24.3 Å². The SMILES string of the molecule is CC(C)(CO)c1c([C@]2(C)CC[C@](O)(CC(=O)O)CC2)c2c(O)cccc2n1-c1ccc(F)cc1. The summed E-state index contributed by atoms with van der Waals surface area (Å²) in [6.07, 6.45) is 1.35. The van der Waals surface area contributed by atoms with Gasteiger partial charge in [-0.15, -0.1) is 0 Å². The fourth-order valence-electron chi connectivity index (χ4n) is 5.46. The number of benzene rings is 2. The summed E-state index contributed by atoms with van der Waals surface area (Å²) in [4.78, 5) is 11.3. The van der Waals surface area contributed by atoms with Gasteiger partial charge in [0, 0.05) is 22.2 Å². The highest BCUT2D eigenvalue weighted by Gasteiger charge is 2.46. The number of halogens is 1. The van der Waals surface area contributed by atoms with Crippen molar-refractivity contribution in [3.05, 3.63) is 59.5 Å². The number of hydrogen-bond donors (Lipinski definition) is 4. The fraction of sp³-hybridized carbons (Fsp3) is 0.444. The molecule has 0 amide bonds. The molecule has 4 N–H and O–H groups in total. The van der Waals surface area contributed by atoms with E-state index in [4.69, 9.17) is 0 Å². The molecule has 6 nitrogen and oxygen atoms in total. The Bertz CT molecular complexity index is 1220. The first-order valence-electron chi connectivity index (χ1n) is 11.6. The van der Waals surface area contributed by atoms with Crippen LogP contribution in [0.1, 0.15) is 64.1 Å². The molecule has 0 spiro atoms. The Labute approximate surface area is 198 Å². The maximum atomic E-state index is 13.7. The van der Waals surface area contributed by atoms with E-state index >= 15 is 0 Å². The number of aliphatic hydroxyl groups excluding tert-OH is 1. The minimum Gasteiger partial charge on any atom is -0.507 e. The molecule has 0 saturated heterocycles. The van der Waals surface area contributed by atoms with Gasteiger partial charge >= 0.3 is 5.97 Å². The van der Waals surface area contributed by atoms with E-state index in [2.05, 4.69) is 6.92 Å². The van der Waals surface area contributed by atoms with Crippen molar-refractivity contribution in [1.82, 2.24) is 4.57 Å². The highest BCUT2D eigenvalue weighted by atomic mass is 19.1. The summed E-state index contributed by atoms with van der Waals surface area (Å²) in [7, 11) is 0. The second-order valence-electron chi connectivity index (χ2n) is 10.6. The van der Waals surface area contributed by atoms with Crippen molar-refractivity contribution < 1.29 is 29.6 Å². The molecule has 1 aliphatic rings. The van der Waals surface area contributed by atoms with Crippen molar-refractivity contribution in [3.8, 4) is 11.4 Å². The van der Waals surface area contributed by atoms with Gasteiger partial charge in [0.05, 0.1) is 24.1 Å². The van der Waals surface area contributed by atoms with Gasteiger partial charge in [-0.1, -0.05) is 26.8 Å². The van der Waals surface area contributed by atoms with Crippen LogP contribution in [0.25, 0.3) is 16.6 Å². The van der Waals surface area contributed by atoms with Gasteiger partial charge in [0.25, 0.3) is 0 Å².